The van der Waals surface area contributed by atoms with Crippen LogP contribution in [-0.2, 0) is 4.74 Å². The van der Waals surface area contributed by atoms with Crippen LogP contribution in [0.4, 0.5) is 0 Å². The van der Waals surface area contributed by atoms with Crippen LogP contribution >= 0.6 is 24.0 Å². The molecule has 1 saturated heterocycles. The molecule has 0 spiro atoms. The van der Waals surface area contributed by atoms with Crippen molar-refractivity contribution in [3.8, 4) is 0 Å². The number of nitrogens with one attached hydrogen (secondary N) is 2. The minimum absolute atomic E-state index is 0. The van der Waals surface area contributed by atoms with Crippen LogP contribution in [0.25, 0.3) is 0 Å². The molecule has 0 amide bonds. The quantitative estimate of drug-likeness (QED) is 0.199. The van der Waals surface area contributed by atoms with E-state index in [0.29, 0.717) is 12.1 Å². The van der Waals surface area contributed by atoms with E-state index >= 15 is 0 Å². The number of likely N-dealkylation sites (tertiary alicyclic amines) is 1. The lowest BCUT2D eigenvalue weighted by Gasteiger charge is -2.32. The third-order valence-electron chi connectivity index (χ3n) is 5.31. The summed E-state index contributed by atoms with van der Waals surface area (Å²) in [4.78, 5) is 9.41. The molecular formula is C20H44IN5O. The van der Waals surface area contributed by atoms with Crippen LogP contribution in [0.1, 0.15) is 47.0 Å². The molecule has 1 rings (SSSR count). The molecule has 0 atom stereocenters. The summed E-state index contributed by atoms with van der Waals surface area (Å²) in [5, 5.41) is 6.98. The number of guanidine groups is 1. The molecule has 1 heterocycles. The van der Waals surface area contributed by atoms with E-state index in [0.717, 1.165) is 51.1 Å². The molecule has 0 bridgehead atoms. The smallest absolute Gasteiger partial charge is 0.190 e. The van der Waals surface area contributed by atoms with Gasteiger partial charge in [0.05, 0.1) is 6.61 Å². The topological polar surface area (TPSA) is 52.1 Å². The first-order valence-corrected chi connectivity index (χ1v) is 10.4. The number of piperidine rings is 1. The maximum atomic E-state index is 5.17. The molecule has 27 heavy (non-hydrogen) atoms. The molecule has 0 unspecified atom stereocenters. The third-order valence-corrected chi connectivity index (χ3v) is 5.31. The van der Waals surface area contributed by atoms with Crippen LogP contribution < -0.4 is 10.6 Å². The molecule has 1 aliphatic rings. The highest BCUT2D eigenvalue weighted by molar-refractivity contribution is 14.0. The molecular weight excluding hydrogens is 453 g/mol. The fraction of sp³-hybridized carbons (Fsp3) is 0.950. The van der Waals surface area contributed by atoms with Gasteiger partial charge < -0.3 is 20.3 Å². The van der Waals surface area contributed by atoms with Crippen molar-refractivity contribution in [3.05, 3.63) is 0 Å². The van der Waals surface area contributed by atoms with E-state index in [2.05, 4.69) is 53.1 Å². The number of rotatable bonds is 11. The van der Waals surface area contributed by atoms with Gasteiger partial charge in [0.1, 0.15) is 0 Å². The number of halogens is 1. The van der Waals surface area contributed by atoms with E-state index < -0.39 is 0 Å². The summed E-state index contributed by atoms with van der Waals surface area (Å²) in [6.45, 7) is 16.5. The van der Waals surface area contributed by atoms with Gasteiger partial charge in [-0.25, -0.2) is 0 Å². The molecule has 6 nitrogen and oxygen atoms in total. The molecule has 7 heteroatoms. The van der Waals surface area contributed by atoms with Crippen LogP contribution in [0.3, 0.4) is 0 Å². The minimum atomic E-state index is 0. The van der Waals surface area contributed by atoms with Crippen molar-refractivity contribution >= 4 is 29.9 Å². The lowest BCUT2D eigenvalue weighted by molar-refractivity contribution is 0.121. The highest BCUT2D eigenvalue weighted by Crippen LogP contribution is 2.15. The maximum absolute atomic E-state index is 5.17. The summed E-state index contributed by atoms with van der Waals surface area (Å²) < 4.78 is 5.17. The molecule has 0 aromatic heterocycles. The molecule has 0 aromatic carbocycles. The molecule has 0 radical (unpaired) electrons. The first kappa shape index (κ1) is 26.9. The summed E-state index contributed by atoms with van der Waals surface area (Å²) >= 11 is 0. The number of aliphatic imine (C=N–C) groups is 1. The lowest BCUT2D eigenvalue weighted by atomic mass is 9.97. The van der Waals surface area contributed by atoms with Gasteiger partial charge in [0.2, 0.25) is 0 Å². The van der Waals surface area contributed by atoms with Crippen molar-refractivity contribution in [1.82, 2.24) is 20.4 Å². The van der Waals surface area contributed by atoms with Gasteiger partial charge in [-0.15, -0.1) is 24.0 Å². The first-order chi connectivity index (χ1) is 12.5. The largest absolute Gasteiger partial charge is 0.383 e. The van der Waals surface area contributed by atoms with Crippen LogP contribution in [-0.4, -0.2) is 87.9 Å². The van der Waals surface area contributed by atoms with Gasteiger partial charge in [-0.3, -0.25) is 9.89 Å². The zero-order valence-electron chi connectivity index (χ0n) is 18.5. The van der Waals surface area contributed by atoms with Gasteiger partial charge in [0, 0.05) is 52.4 Å². The van der Waals surface area contributed by atoms with E-state index in [9.17, 15) is 0 Å². The second kappa shape index (κ2) is 15.8. The monoisotopic (exact) mass is 497 g/mol. The van der Waals surface area contributed by atoms with Crippen molar-refractivity contribution in [1.29, 1.82) is 0 Å². The molecule has 0 aromatic rings. The molecule has 0 saturated carbocycles. The van der Waals surface area contributed by atoms with Crippen molar-refractivity contribution in [2.75, 3.05) is 60.0 Å². The fourth-order valence-electron chi connectivity index (χ4n) is 3.68. The Hall–Kier alpha value is -0.120. The van der Waals surface area contributed by atoms with Crippen LogP contribution in [0.2, 0.25) is 0 Å². The van der Waals surface area contributed by atoms with E-state index in [1.165, 1.54) is 25.9 Å². The van der Waals surface area contributed by atoms with Crippen molar-refractivity contribution in [3.63, 3.8) is 0 Å². The summed E-state index contributed by atoms with van der Waals surface area (Å²) in [5.41, 5.74) is 0. The Balaban J connectivity index is 0.00000676. The average Bonchev–Trinajstić information content (AvgIpc) is 2.62. The SMILES string of the molecule is CN=C(NCCCN(C(C)C)C(C)C)NCC1CCN(CCOC)CC1.I. The lowest BCUT2D eigenvalue weighted by Crippen LogP contribution is -2.44. The van der Waals surface area contributed by atoms with E-state index in [1.54, 1.807) is 7.11 Å². The van der Waals surface area contributed by atoms with Gasteiger partial charge >= 0.3 is 0 Å². The molecule has 1 aliphatic heterocycles. The summed E-state index contributed by atoms with van der Waals surface area (Å²) in [6, 6.07) is 1.20. The third kappa shape index (κ3) is 11.5. The Kier molecular flexibility index (Phi) is 15.7. The van der Waals surface area contributed by atoms with Gasteiger partial charge in [0.25, 0.3) is 0 Å². The highest BCUT2D eigenvalue weighted by Gasteiger charge is 2.19. The van der Waals surface area contributed by atoms with E-state index in [4.69, 9.17) is 4.74 Å². The molecule has 162 valence electrons. The number of ether oxygens (including phenoxy) is 1. The number of methoxy groups -OCH3 is 1. The maximum Gasteiger partial charge on any atom is 0.190 e. The summed E-state index contributed by atoms with van der Waals surface area (Å²) in [6.07, 6.45) is 3.64. The van der Waals surface area contributed by atoms with Crippen LogP contribution in [0.15, 0.2) is 4.99 Å². The normalized spacial score (nSPS) is 16.9. The number of nitrogens with zero attached hydrogens (tertiary/aromatic N) is 3. The zero-order chi connectivity index (χ0) is 19.4. The fourth-order valence-corrected chi connectivity index (χ4v) is 3.68. The Morgan fingerprint density at radius 1 is 1.15 bits per heavy atom. The summed E-state index contributed by atoms with van der Waals surface area (Å²) in [7, 11) is 3.63. The van der Waals surface area contributed by atoms with Gasteiger partial charge in [-0.2, -0.15) is 0 Å². The Labute approximate surface area is 184 Å². The second-order valence-electron chi connectivity index (χ2n) is 7.94. The number of hydrogen-bond donors (Lipinski definition) is 2. The minimum Gasteiger partial charge on any atom is -0.383 e. The van der Waals surface area contributed by atoms with E-state index in [-0.39, 0.29) is 24.0 Å². The van der Waals surface area contributed by atoms with Gasteiger partial charge in [0.15, 0.2) is 5.96 Å². The Morgan fingerprint density at radius 2 is 1.78 bits per heavy atom. The van der Waals surface area contributed by atoms with Gasteiger partial charge in [-0.05, 0) is 66.0 Å². The Morgan fingerprint density at radius 3 is 2.30 bits per heavy atom. The zero-order valence-corrected chi connectivity index (χ0v) is 20.8. The second-order valence-corrected chi connectivity index (χ2v) is 7.94. The van der Waals surface area contributed by atoms with Crippen LogP contribution in [0.5, 0.6) is 0 Å². The van der Waals surface area contributed by atoms with Crippen molar-refractivity contribution in [2.45, 2.75) is 59.0 Å². The van der Waals surface area contributed by atoms with E-state index in [1.807, 2.05) is 7.05 Å². The van der Waals surface area contributed by atoms with Crippen molar-refractivity contribution < 1.29 is 4.74 Å². The molecule has 1 fully saturated rings. The first-order valence-electron chi connectivity index (χ1n) is 10.4. The molecule has 0 aliphatic carbocycles. The highest BCUT2D eigenvalue weighted by atomic mass is 127. The Bertz CT molecular complexity index is 377. The predicted octanol–water partition coefficient (Wildman–Crippen LogP) is 2.64. The van der Waals surface area contributed by atoms with Crippen LogP contribution in [0, 0.1) is 5.92 Å². The van der Waals surface area contributed by atoms with Crippen molar-refractivity contribution in [2.24, 2.45) is 10.9 Å². The number of hydrogen-bond acceptors (Lipinski definition) is 4. The standard InChI is InChI=1S/C20H43N5O.HI/c1-17(2)25(18(3)4)11-7-10-22-20(21-5)23-16-19-8-12-24(13-9-19)14-15-26-6;/h17-19H,7-16H2,1-6H3,(H2,21,22,23);1H. The summed E-state index contributed by atoms with van der Waals surface area (Å²) in [5.74, 6) is 1.68. The van der Waals surface area contributed by atoms with Gasteiger partial charge in [-0.1, -0.05) is 0 Å². The average molecular weight is 498 g/mol. The molecule has 2 N–H and O–H groups in total. The predicted molar refractivity (Wildman–Crippen MR) is 127 cm³/mol.